The molecule has 50 heavy (non-hydrogen) atoms. The van der Waals surface area contributed by atoms with Crippen molar-refractivity contribution in [3.8, 4) is 35.4 Å². The fraction of sp³-hybridized carbons (Fsp3) is 0.474. The van der Waals surface area contributed by atoms with Crippen LogP contribution in [0.2, 0.25) is 0 Å². The molecule has 5 heterocycles. The Morgan fingerprint density at radius 2 is 2.00 bits per heavy atom. The van der Waals surface area contributed by atoms with Crippen LogP contribution in [0.3, 0.4) is 0 Å². The van der Waals surface area contributed by atoms with Crippen LogP contribution in [-0.4, -0.2) is 89.5 Å². The van der Waals surface area contributed by atoms with Crippen molar-refractivity contribution < 1.29 is 28.2 Å². The normalized spacial score (nSPS) is 24.3. The lowest BCUT2D eigenvalue weighted by molar-refractivity contribution is -0.119. The number of halogens is 2. The van der Waals surface area contributed by atoms with E-state index in [2.05, 4.69) is 31.0 Å². The van der Waals surface area contributed by atoms with E-state index in [1.165, 1.54) is 30.5 Å². The molecule has 2 aromatic carbocycles. The van der Waals surface area contributed by atoms with Gasteiger partial charge in [0.15, 0.2) is 5.82 Å². The Bertz CT molecular complexity index is 2010. The van der Waals surface area contributed by atoms with Crippen LogP contribution in [-0.2, 0) is 9.53 Å². The number of carbonyl (C=O) groups excluding carboxylic acids is 1. The zero-order valence-corrected chi connectivity index (χ0v) is 27.9. The van der Waals surface area contributed by atoms with Gasteiger partial charge in [0.1, 0.15) is 28.6 Å². The number of anilines is 1. The zero-order chi connectivity index (χ0) is 34.4. The molecule has 3 aliphatic heterocycles. The number of benzene rings is 2. The Hall–Kier alpha value is -4.60. The van der Waals surface area contributed by atoms with Crippen molar-refractivity contribution in [2.24, 2.45) is 11.3 Å². The van der Waals surface area contributed by atoms with Crippen molar-refractivity contribution >= 4 is 33.4 Å². The molecule has 3 unspecified atom stereocenters. The number of terminal acetylenes is 1. The van der Waals surface area contributed by atoms with Crippen LogP contribution < -0.4 is 15.0 Å². The Morgan fingerprint density at radius 1 is 1.12 bits per heavy atom. The summed E-state index contributed by atoms with van der Waals surface area (Å²) in [5, 5.41) is 14.7. The summed E-state index contributed by atoms with van der Waals surface area (Å²) in [5.41, 5.74) is -0.0845. The summed E-state index contributed by atoms with van der Waals surface area (Å²) in [6.45, 7) is 5.31. The number of hydrogen-bond acceptors (Lipinski definition) is 9. The van der Waals surface area contributed by atoms with Gasteiger partial charge in [-0.05, 0) is 68.2 Å². The molecule has 0 bridgehead atoms. The van der Waals surface area contributed by atoms with E-state index in [0.29, 0.717) is 67.9 Å². The van der Waals surface area contributed by atoms with Crippen molar-refractivity contribution in [3.63, 3.8) is 0 Å². The van der Waals surface area contributed by atoms with Crippen LogP contribution in [0, 0.1) is 35.3 Å². The summed E-state index contributed by atoms with van der Waals surface area (Å²) >= 11 is 0. The standard InChI is InChI=1S/C38H40F2N6O4/c1-2-26-29(39)8-7-24-17-25(47)18-27(32(24)26)34-33(40)35-28(20-42-34)36(45-12-5-14-49-15-13-45)44-37(43-35)50-22-38-9-3-6-30(38)46(11-4-10-38)21-23-16-31(48)41-19-23/h1,7-8,17-18,20,23,30,47H,3-6,9-16,19,21-22H2,(H,41,48). The molecule has 1 saturated carbocycles. The predicted molar refractivity (Wildman–Crippen MR) is 185 cm³/mol. The van der Waals surface area contributed by atoms with Crippen LogP contribution in [0.15, 0.2) is 30.5 Å². The van der Waals surface area contributed by atoms with Crippen molar-refractivity contribution in [1.29, 1.82) is 0 Å². The van der Waals surface area contributed by atoms with Crippen LogP contribution in [0.4, 0.5) is 14.6 Å². The Kier molecular flexibility index (Phi) is 8.65. The number of piperidine rings is 1. The number of hydrogen-bond donors (Lipinski definition) is 2. The molecule has 8 rings (SSSR count). The highest BCUT2D eigenvalue weighted by molar-refractivity contribution is 6.03. The number of fused-ring (bicyclic) bond motifs is 3. The van der Waals surface area contributed by atoms with Crippen molar-refractivity contribution in [2.45, 2.75) is 51.0 Å². The molecule has 260 valence electrons. The van der Waals surface area contributed by atoms with Crippen LogP contribution in [0.1, 0.15) is 50.5 Å². The second-order valence-electron chi connectivity index (χ2n) is 14.2. The molecular weight excluding hydrogens is 642 g/mol. The molecule has 4 aliphatic rings. The average Bonchev–Trinajstić information content (AvgIpc) is 3.64. The molecular formula is C38H40F2N6O4. The van der Waals surface area contributed by atoms with E-state index in [4.69, 9.17) is 20.9 Å². The first kappa shape index (κ1) is 32.6. The van der Waals surface area contributed by atoms with Crippen LogP contribution in [0.25, 0.3) is 32.9 Å². The SMILES string of the molecule is C#Cc1c(F)ccc2cc(O)cc(-c3ncc4c(N5CCCOCC5)nc(OCC56CCCC5N(CC5CNC(=O)C5)CCC6)nc4c3F)c12. The molecule has 3 saturated heterocycles. The number of carbonyl (C=O) groups is 1. The maximum Gasteiger partial charge on any atom is 0.319 e. The minimum Gasteiger partial charge on any atom is -0.508 e. The van der Waals surface area contributed by atoms with E-state index in [1.807, 2.05) is 0 Å². The van der Waals surface area contributed by atoms with Gasteiger partial charge in [-0.1, -0.05) is 18.4 Å². The highest BCUT2D eigenvalue weighted by Crippen LogP contribution is 2.48. The number of aromatic nitrogens is 3. The molecule has 10 nitrogen and oxygen atoms in total. The van der Waals surface area contributed by atoms with Gasteiger partial charge in [0.05, 0.1) is 24.2 Å². The quantitative estimate of drug-likeness (QED) is 0.255. The lowest BCUT2D eigenvalue weighted by Gasteiger charge is -2.46. The number of phenolic OH excluding ortho intramolecular Hbond substituents is 1. The maximum atomic E-state index is 16.9. The Morgan fingerprint density at radius 3 is 2.84 bits per heavy atom. The second-order valence-corrected chi connectivity index (χ2v) is 14.2. The lowest BCUT2D eigenvalue weighted by Crippen LogP contribution is -2.53. The topological polar surface area (TPSA) is 113 Å². The van der Waals surface area contributed by atoms with E-state index in [9.17, 15) is 14.3 Å². The summed E-state index contributed by atoms with van der Waals surface area (Å²) in [6.07, 6.45) is 13.8. The predicted octanol–water partition coefficient (Wildman–Crippen LogP) is 5.19. The molecule has 0 spiro atoms. The molecule has 4 aromatic rings. The van der Waals surface area contributed by atoms with Gasteiger partial charge in [-0.25, -0.2) is 8.78 Å². The molecule has 2 aromatic heterocycles. The van der Waals surface area contributed by atoms with Gasteiger partial charge in [0, 0.05) is 67.8 Å². The van der Waals surface area contributed by atoms with Gasteiger partial charge in [0.25, 0.3) is 0 Å². The summed E-state index contributed by atoms with van der Waals surface area (Å²) in [6, 6.07) is 5.92. The van der Waals surface area contributed by atoms with E-state index in [0.717, 1.165) is 58.2 Å². The fourth-order valence-corrected chi connectivity index (χ4v) is 8.79. The average molecular weight is 683 g/mol. The number of rotatable bonds is 7. The van der Waals surface area contributed by atoms with E-state index < -0.39 is 11.6 Å². The number of amides is 1. The first-order chi connectivity index (χ1) is 24.3. The monoisotopic (exact) mass is 682 g/mol. The lowest BCUT2D eigenvalue weighted by atomic mass is 9.75. The largest absolute Gasteiger partial charge is 0.508 e. The highest BCUT2D eigenvalue weighted by Gasteiger charge is 2.49. The van der Waals surface area contributed by atoms with E-state index in [1.54, 1.807) is 0 Å². The van der Waals surface area contributed by atoms with Gasteiger partial charge in [-0.3, -0.25) is 14.7 Å². The van der Waals surface area contributed by atoms with Gasteiger partial charge >= 0.3 is 6.01 Å². The highest BCUT2D eigenvalue weighted by atomic mass is 19.1. The number of ether oxygens (including phenoxy) is 2. The fourth-order valence-electron chi connectivity index (χ4n) is 8.79. The molecule has 1 aliphatic carbocycles. The van der Waals surface area contributed by atoms with Crippen molar-refractivity contribution in [3.05, 3.63) is 47.7 Å². The minimum atomic E-state index is -0.748. The maximum absolute atomic E-state index is 16.9. The third-order valence-electron chi connectivity index (χ3n) is 11.1. The summed E-state index contributed by atoms with van der Waals surface area (Å²) in [4.78, 5) is 30.6. The number of nitrogens with one attached hydrogen (secondary N) is 1. The van der Waals surface area contributed by atoms with Gasteiger partial charge < -0.3 is 24.8 Å². The number of phenols is 1. The van der Waals surface area contributed by atoms with Gasteiger partial charge in [0.2, 0.25) is 5.91 Å². The molecule has 1 amide bonds. The second kappa shape index (κ2) is 13.3. The number of nitrogens with zero attached hydrogens (tertiary/aromatic N) is 5. The van der Waals surface area contributed by atoms with Crippen LogP contribution in [0.5, 0.6) is 11.8 Å². The van der Waals surface area contributed by atoms with Crippen molar-refractivity contribution in [1.82, 2.24) is 25.2 Å². The van der Waals surface area contributed by atoms with Crippen LogP contribution >= 0.6 is 0 Å². The van der Waals surface area contributed by atoms with Gasteiger partial charge in [-0.2, -0.15) is 9.97 Å². The first-order valence-corrected chi connectivity index (χ1v) is 17.6. The smallest absolute Gasteiger partial charge is 0.319 e. The van der Waals surface area contributed by atoms with Gasteiger partial charge in [-0.15, -0.1) is 6.42 Å². The third-order valence-corrected chi connectivity index (χ3v) is 11.1. The van der Waals surface area contributed by atoms with E-state index in [-0.39, 0.29) is 50.8 Å². The first-order valence-electron chi connectivity index (χ1n) is 17.6. The Balaban J connectivity index is 1.19. The third kappa shape index (κ3) is 5.86. The zero-order valence-electron chi connectivity index (χ0n) is 27.9. The van der Waals surface area contributed by atoms with Crippen molar-refractivity contribution in [2.75, 3.05) is 57.4 Å². The van der Waals surface area contributed by atoms with E-state index >= 15 is 4.39 Å². The molecule has 4 fully saturated rings. The summed E-state index contributed by atoms with van der Waals surface area (Å²) in [5.74, 6) is 1.82. The molecule has 12 heteroatoms. The number of aromatic hydroxyl groups is 1. The minimum absolute atomic E-state index is 0.0134. The summed E-state index contributed by atoms with van der Waals surface area (Å²) < 4.78 is 44.0. The molecule has 2 N–H and O–H groups in total. The molecule has 3 atom stereocenters. The Labute approximate surface area is 289 Å². The molecule has 0 radical (unpaired) electrons. The number of pyridine rings is 1. The summed E-state index contributed by atoms with van der Waals surface area (Å²) in [7, 11) is 0. The number of likely N-dealkylation sites (tertiary alicyclic amines) is 1.